The summed E-state index contributed by atoms with van der Waals surface area (Å²) < 4.78 is 0. The molecule has 2 heterocycles. The lowest BCUT2D eigenvalue weighted by molar-refractivity contribution is 0.281. The van der Waals surface area contributed by atoms with E-state index in [-0.39, 0.29) is 18.2 Å². The summed E-state index contributed by atoms with van der Waals surface area (Å²) in [5, 5.41) is 12.9. The van der Waals surface area contributed by atoms with Crippen molar-refractivity contribution in [3.63, 3.8) is 0 Å². The Labute approximate surface area is 149 Å². The van der Waals surface area contributed by atoms with Gasteiger partial charge in [-0.15, -0.1) is 0 Å². The van der Waals surface area contributed by atoms with Crippen LogP contribution in [0.4, 0.5) is 5.82 Å². The fourth-order valence-corrected chi connectivity index (χ4v) is 3.10. The third-order valence-electron chi connectivity index (χ3n) is 3.52. The molecule has 0 amide bonds. The fraction of sp³-hybridized carbons (Fsp3) is 0.294. The summed E-state index contributed by atoms with van der Waals surface area (Å²) in [5.41, 5.74) is 2.90. The van der Waals surface area contributed by atoms with Crippen LogP contribution in [0.2, 0.25) is 0 Å². The molecule has 0 saturated carbocycles. The largest absolute Gasteiger partial charge is 0.394 e. The van der Waals surface area contributed by atoms with Gasteiger partial charge in [0.2, 0.25) is 0 Å². The van der Waals surface area contributed by atoms with Crippen LogP contribution in [0.5, 0.6) is 0 Å². The molecular weight excluding hydrogens is 338 g/mol. The molecule has 25 heavy (non-hydrogen) atoms. The highest BCUT2D eigenvalue weighted by molar-refractivity contribution is 7.98. The zero-order chi connectivity index (χ0) is 17.8. The lowest BCUT2D eigenvalue weighted by Gasteiger charge is -2.13. The number of aromatic nitrogens is 4. The van der Waals surface area contributed by atoms with Gasteiger partial charge in [-0.25, -0.2) is 15.0 Å². The fourth-order valence-electron chi connectivity index (χ4n) is 2.31. The molecule has 0 unspecified atom stereocenters. The molecule has 3 aromatic rings. The van der Waals surface area contributed by atoms with Crippen molar-refractivity contribution >= 4 is 28.7 Å². The number of aryl methyl sites for hydroxylation is 1. The Bertz CT molecular complexity index is 944. The zero-order valence-electron chi connectivity index (χ0n) is 14.0. The smallest absolute Gasteiger partial charge is 0.268 e. The summed E-state index contributed by atoms with van der Waals surface area (Å²) in [6, 6.07) is 8.04. The van der Waals surface area contributed by atoms with Crippen molar-refractivity contribution in [3.05, 3.63) is 51.9 Å². The number of aliphatic hydroxyl groups is 1. The van der Waals surface area contributed by atoms with Crippen LogP contribution < -0.4 is 10.9 Å². The first-order chi connectivity index (χ1) is 12.0. The third kappa shape index (κ3) is 4.34. The average molecular weight is 357 g/mol. The Morgan fingerprint density at radius 2 is 2.20 bits per heavy atom. The van der Waals surface area contributed by atoms with Gasteiger partial charge in [-0.2, -0.15) is 0 Å². The van der Waals surface area contributed by atoms with E-state index in [1.165, 1.54) is 29.1 Å². The van der Waals surface area contributed by atoms with Crippen LogP contribution in [0.3, 0.4) is 0 Å². The Morgan fingerprint density at radius 1 is 1.36 bits per heavy atom. The average Bonchev–Trinajstić information content (AvgIpc) is 2.59. The maximum absolute atomic E-state index is 11.6. The van der Waals surface area contributed by atoms with Gasteiger partial charge in [-0.1, -0.05) is 41.6 Å². The van der Waals surface area contributed by atoms with Crippen molar-refractivity contribution in [2.45, 2.75) is 30.8 Å². The number of hydrogen-bond donors (Lipinski definition) is 3. The van der Waals surface area contributed by atoms with E-state index in [2.05, 4.69) is 50.4 Å². The number of thioether (sulfide) groups is 1. The van der Waals surface area contributed by atoms with Gasteiger partial charge < -0.3 is 15.4 Å². The summed E-state index contributed by atoms with van der Waals surface area (Å²) in [5.74, 6) is 1.21. The van der Waals surface area contributed by atoms with Crippen LogP contribution in [0.15, 0.2) is 40.4 Å². The van der Waals surface area contributed by atoms with Crippen molar-refractivity contribution in [2.24, 2.45) is 0 Å². The van der Waals surface area contributed by atoms with Crippen LogP contribution in [-0.4, -0.2) is 37.7 Å². The van der Waals surface area contributed by atoms with Gasteiger partial charge in [-0.3, -0.25) is 4.79 Å². The van der Waals surface area contributed by atoms with E-state index in [9.17, 15) is 9.90 Å². The first-order valence-corrected chi connectivity index (χ1v) is 8.86. The predicted octanol–water partition coefficient (Wildman–Crippen LogP) is 2.11. The van der Waals surface area contributed by atoms with E-state index in [1.54, 1.807) is 0 Å². The third-order valence-corrected chi connectivity index (χ3v) is 4.44. The van der Waals surface area contributed by atoms with Gasteiger partial charge in [0.15, 0.2) is 16.6 Å². The van der Waals surface area contributed by atoms with Gasteiger partial charge in [0.25, 0.3) is 5.56 Å². The number of nitrogens with zero attached hydrogens (tertiary/aromatic N) is 3. The first kappa shape index (κ1) is 17.4. The van der Waals surface area contributed by atoms with Gasteiger partial charge in [0.1, 0.15) is 5.52 Å². The standard InChI is InChI=1S/C17H19N5O2S/c1-10-4-3-5-12(6-10)9-25-17-21-15(19-11(2)8-23)14-16(22-17)20-13(24)7-18-14/h3-7,11,23H,8-9H2,1-2H3,(H2,19,20,21,22,24)/t11-/m1/s1. The lowest BCUT2D eigenvalue weighted by Crippen LogP contribution is -2.21. The molecule has 0 aliphatic heterocycles. The predicted molar refractivity (Wildman–Crippen MR) is 98.9 cm³/mol. The van der Waals surface area contributed by atoms with Crippen LogP contribution in [-0.2, 0) is 5.75 Å². The quantitative estimate of drug-likeness (QED) is 0.458. The van der Waals surface area contributed by atoms with Gasteiger partial charge in [0.05, 0.1) is 12.8 Å². The van der Waals surface area contributed by atoms with Crippen molar-refractivity contribution in [3.8, 4) is 0 Å². The number of anilines is 1. The summed E-state index contributed by atoms with van der Waals surface area (Å²) in [7, 11) is 0. The molecule has 8 heteroatoms. The number of fused-ring (bicyclic) bond motifs is 1. The SMILES string of the molecule is Cc1cccc(CSc2nc(N[C@H](C)CO)c3ncc(=O)[nH]c3n2)c1. The molecule has 0 fully saturated rings. The first-order valence-electron chi connectivity index (χ1n) is 7.88. The van der Waals surface area contributed by atoms with Crippen molar-refractivity contribution in [1.82, 2.24) is 19.9 Å². The minimum atomic E-state index is -0.318. The molecule has 0 spiro atoms. The summed E-state index contributed by atoms with van der Waals surface area (Å²) in [4.78, 5) is 27.3. The number of aliphatic hydroxyl groups excluding tert-OH is 1. The molecule has 2 aromatic heterocycles. The van der Waals surface area contributed by atoms with Crippen LogP contribution in [0, 0.1) is 6.92 Å². The number of hydrogen-bond acceptors (Lipinski definition) is 7. The summed E-state index contributed by atoms with van der Waals surface area (Å²) in [6.07, 6.45) is 1.19. The highest BCUT2D eigenvalue weighted by Gasteiger charge is 2.12. The van der Waals surface area contributed by atoms with E-state index in [0.717, 1.165) is 0 Å². The van der Waals surface area contributed by atoms with Gasteiger partial charge in [0, 0.05) is 11.8 Å². The van der Waals surface area contributed by atoms with Gasteiger partial charge >= 0.3 is 0 Å². The minimum Gasteiger partial charge on any atom is -0.394 e. The topological polar surface area (TPSA) is 104 Å². The number of rotatable bonds is 6. The second-order valence-electron chi connectivity index (χ2n) is 5.81. The molecule has 3 rings (SSSR count). The van der Waals surface area contributed by atoms with Crippen LogP contribution in [0.25, 0.3) is 11.2 Å². The number of nitrogens with one attached hydrogen (secondary N) is 2. The Balaban J connectivity index is 1.92. The van der Waals surface area contributed by atoms with Crippen LogP contribution in [0.1, 0.15) is 18.1 Å². The van der Waals surface area contributed by atoms with E-state index in [1.807, 2.05) is 13.0 Å². The normalized spacial score (nSPS) is 12.3. The number of aromatic amines is 1. The Morgan fingerprint density at radius 3 is 2.96 bits per heavy atom. The zero-order valence-corrected chi connectivity index (χ0v) is 14.8. The number of benzene rings is 1. The molecular formula is C17H19N5O2S. The molecule has 130 valence electrons. The van der Waals surface area contributed by atoms with E-state index >= 15 is 0 Å². The molecule has 0 aliphatic carbocycles. The molecule has 1 atom stereocenters. The Hall–Kier alpha value is -2.45. The molecule has 0 bridgehead atoms. The van der Waals surface area contributed by atoms with Crippen molar-refractivity contribution < 1.29 is 5.11 Å². The van der Waals surface area contributed by atoms with E-state index in [0.29, 0.717) is 27.9 Å². The maximum Gasteiger partial charge on any atom is 0.268 e. The highest BCUT2D eigenvalue weighted by Crippen LogP contribution is 2.24. The van der Waals surface area contributed by atoms with Gasteiger partial charge in [-0.05, 0) is 19.4 Å². The van der Waals surface area contributed by atoms with Crippen LogP contribution >= 0.6 is 11.8 Å². The molecule has 0 saturated heterocycles. The number of H-pyrrole nitrogens is 1. The molecule has 7 nitrogen and oxygen atoms in total. The molecule has 0 radical (unpaired) electrons. The molecule has 0 aliphatic rings. The highest BCUT2D eigenvalue weighted by atomic mass is 32.2. The van der Waals surface area contributed by atoms with Crippen molar-refractivity contribution in [2.75, 3.05) is 11.9 Å². The van der Waals surface area contributed by atoms with E-state index in [4.69, 9.17) is 0 Å². The molecule has 3 N–H and O–H groups in total. The second kappa shape index (κ2) is 7.62. The lowest BCUT2D eigenvalue weighted by atomic mass is 10.2. The summed E-state index contributed by atoms with van der Waals surface area (Å²) >= 11 is 1.48. The maximum atomic E-state index is 11.6. The minimum absolute atomic E-state index is 0.0411. The van der Waals surface area contributed by atoms with E-state index < -0.39 is 0 Å². The monoisotopic (exact) mass is 357 g/mol. The Kier molecular flexibility index (Phi) is 5.30. The second-order valence-corrected chi connectivity index (χ2v) is 6.75. The summed E-state index contributed by atoms with van der Waals surface area (Å²) in [6.45, 7) is 3.84. The molecule has 1 aromatic carbocycles. The van der Waals surface area contributed by atoms with Crippen molar-refractivity contribution in [1.29, 1.82) is 0 Å².